The predicted octanol–water partition coefficient (Wildman–Crippen LogP) is 5.90. The summed E-state index contributed by atoms with van der Waals surface area (Å²) in [4.78, 5) is 11.4. The molecule has 2 N–H and O–H groups in total. The minimum Gasteiger partial charge on any atom is -0.493 e. The summed E-state index contributed by atoms with van der Waals surface area (Å²) >= 11 is 0. The Hall–Kier alpha value is -3.11. The van der Waals surface area contributed by atoms with Gasteiger partial charge in [0.15, 0.2) is 11.5 Å². The molecule has 0 aliphatic carbocycles. The second-order valence-electron chi connectivity index (χ2n) is 10.8. The third-order valence-electron chi connectivity index (χ3n) is 7.51. The number of alkyl halides is 2. The van der Waals surface area contributed by atoms with E-state index in [2.05, 4.69) is 27.2 Å². The van der Waals surface area contributed by atoms with Gasteiger partial charge in [0.25, 0.3) is 0 Å². The van der Waals surface area contributed by atoms with Gasteiger partial charge < -0.3 is 24.8 Å². The molecule has 0 radical (unpaired) electrons. The van der Waals surface area contributed by atoms with Crippen LogP contribution in [0.4, 0.5) is 19.0 Å². The number of halogens is 3. The number of benzene rings is 2. The molecule has 1 aliphatic rings. The minimum atomic E-state index is -3.79. The highest BCUT2D eigenvalue weighted by Gasteiger charge is 2.49. The van der Waals surface area contributed by atoms with Crippen LogP contribution in [0.1, 0.15) is 62.2 Å². The third-order valence-corrected chi connectivity index (χ3v) is 7.51. The Morgan fingerprint density at radius 3 is 2.56 bits per heavy atom. The fourth-order valence-corrected chi connectivity index (χ4v) is 5.08. The molecule has 2 heterocycles. The predicted molar refractivity (Wildman–Crippen MR) is 145 cm³/mol. The Morgan fingerprint density at radius 1 is 1.23 bits per heavy atom. The van der Waals surface area contributed by atoms with Crippen LogP contribution in [-0.4, -0.2) is 58.9 Å². The number of aliphatic hydroxyl groups is 1. The Kier molecular flexibility index (Phi) is 8.01. The fraction of sp³-hybridized carbons (Fsp3) is 0.517. The summed E-state index contributed by atoms with van der Waals surface area (Å²) < 4.78 is 57.1. The monoisotopic (exact) mass is 546 g/mol. The molecule has 4 rings (SSSR count). The number of methoxy groups -OCH3 is 1. The van der Waals surface area contributed by atoms with Crippen molar-refractivity contribution in [3.8, 4) is 11.5 Å². The standard InChI is InChI=1S/C29H37F3N4O3/c1-16-25-21(14-23(26(16)38-7)39-15-19-10-9-13-36(19)6)27(35-18(3)34-25)33-17(2)20-11-8-12-22(24(20)30)29(31,32)28(4,5)37/h8,11-12,14,17,19,37H,9-10,13,15H2,1-7H3,(H,33,34,35)/t17-,19+/m1/s1. The van der Waals surface area contributed by atoms with Crippen molar-refractivity contribution >= 4 is 16.7 Å². The van der Waals surface area contributed by atoms with E-state index in [-0.39, 0.29) is 5.56 Å². The SMILES string of the molecule is COc1c(OC[C@@H]2CCCN2C)cc2c(N[C@H](C)c3cccc(C(F)(F)C(C)(C)O)c3F)nc(C)nc2c1C. The molecular weight excluding hydrogens is 509 g/mol. The van der Waals surface area contributed by atoms with E-state index in [9.17, 15) is 13.9 Å². The molecule has 212 valence electrons. The number of likely N-dealkylation sites (tertiary alicyclic amines) is 1. The average Bonchev–Trinajstić information content (AvgIpc) is 3.27. The van der Waals surface area contributed by atoms with Crippen LogP contribution in [0.3, 0.4) is 0 Å². The zero-order valence-electron chi connectivity index (χ0n) is 23.5. The number of ether oxygens (including phenoxy) is 2. The maximum atomic E-state index is 15.4. The van der Waals surface area contributed by atoms with Crippen LogP contribution in [0.25, 0.3) is 10.9 Å². The van der Waals surface area contributed by atoms with Gasteiger partial charge in [-0.05, 0) is 73.2 Å². The molecule has 1 saturated heterocycles. The summed E-state index contributed by atoms with van der Waals surface area (Å²) in [6.45, 7) is 8.73. The molecule has 1 aromatic heterocycles. The number of hydrogen-bond acceptors (Lipinski definition) is 7. The Labute approximate surface area is 227 Å². The first-order valence-electron chi connectivity index (χ1n) is 13.1. The van der Waals surface area contributed by atoms with Crippen molar-refractivity contribution in [1.29, 1.82) is 0 Å². The molecule has 7 nitrogen and oxygen atoms in total. The van der Waals surface area contributed by atoms with Crippen molar-refractivity contribution in [3.05, 3.63) is 52.6 Å². The number of fused-ring (bicyclic) bond motifs is 1. The maximum Gasteiger partial charge on any atom is 0.303 e. The second kappa shape index (κ2) is 10.8. The van der Waals surface area contributed by atoms with E-state index in [1.165, 1.54) is 12.1 Å². The number of nitrogens with zero attached hydrogens (tertiary/aromatic N) is 3. The maximum absolute atomic E-state index is 15.4. The van der Waals surface area contributed by atoms with Crippen LogP contribution in [0.15, 0.2) is 24.3 Å². The fourth-order valence-electron chi connectivity index (χ4n) is 5.08. The number of aromatic nitrogens is 2. The molecule has 2 aromatic carbocycles. The Bertz CT molecular complexity index is 1360. The number of aryl methyl sites for hydroxylation is 2. The lowest BCUT2D eigenvalue weighted by atomic mass is 9.91. The summed E-state index contributed by atoms with van der Waals surface area (Å²) in [5, 5.41) is 13.8. The molecule has 0 amide bonds. The quantitative estimate of drug-likeness (QED) is 0.346. The molecule has 0 saturated carbocycles. The highest BCUT2D eigenvalue weighted by molar-refractivity contribution is 5.94. The first kappa shape index (κ1) is 28.9. The van der Waals surface area contributed by atoms with E-state index in [1.807, 2.05) is 6.92 Å². The number of rotatable bonds is 9. The van der Waals surface area contributed by atoms with E-state index < -0.39 is 28.9 Å². The van der Waals surface area contributed by atoms with Crippen LogP contribution in [0.2, 0.25) is 0 Å². The molecule has 3 aromatic rings. The normalized spacial score (nSPS) is 17.5. The van der Waals surface area contributed by atoms with Gasteiger partial charge in [-0.3, -0.25) is 0 Å². The minimum absolute atomic E-state index is 0.0202. The number of anilines is 1. The van der Waals surface area contributed by atoms with Gasteiger partial charge in [-0.2, -0.15) is 8.78 Å². The van der Waals surface area contributed by atoms with E-state index in [0.717, 1.165) is 44.9 Å². The molecule has 0 spiro atoms. The van der Waals surface area contributed by atoms with Crippen LogP contribution in [0.5, 0.6) is 11.5 Å². The molecular formula is C29H37F3N4O3. The highest BCUT2D eigenvalue weighted by atomic mass is 19.3. The van der Waals surface area contributed by atoms with E-state index in [0.29, 0.717) is 46.7 Å². The second-order valence-corrected chi connectivity index (χ2v) is 10.8. The molecule has 1 aliphatic heterocycles. The molecule has 0 unspecified atom stereocenters. The Morgan fingerprint density at radius 2 is 1.95 bits per heavy atom. The lowest BCUT2D eigenvalue weighted by molar-refractivity contribution is -0.170. The number of likely N-dealkylation sites (N-methyl/N-ethyl adjacent to an activating group) is 1. The van der Waals surface area contributed by atoms with Crippen molar-refractivity contribution in [2.75, 3.05) is 32.6 Å². The topological polar surface area (TPSA) is 79.7 Å². The lowest BCUT2D eigenvalue weighted by Gasteiger charge is -2.30. The summed E-state index contributed by atoms with van der Waals surface area (Å²) in [7, 11) is 3.66. The van der Waals surface area contributed by atoms with Gasteiger partial charge in [0.05, 0.1) is 24.2 Å². The first-order chi connectivity index (χ1) is 18.3. The summed E-state index contributed by atoms with van der Waals surface area (Å²) in [6.07, 6.45) is 2.17. The van der Waals surface area contributed by atoms with E-state index in [4.69, 9.17) is 9.47 Å². The largest absolute Gasteiger partial charge is 0.493 e. The summed E-state index contributed by atoms with van der Waals surface area (Å²) in [5.41, 5.74) is -1.88. The van der Waals surface area contributed by atoms with Gasteiger partial charge >= 0.3 is 5.92 Å². The molecule has 39 heavy (non-hydrogen) atoms. The van der Waals surface area contributed by atoms with Crippen molar-refractivity contribution in [1.82, 2.24) is 14.9 Å². The number of nitrogens with one attached hydrogen (secondary N) is 1. The number of hydrogen-bond donors (Lipinski definition) is 2. The van der Waals surface area contributed by atoms with Crippen LogP contribution in [0, 0.1) is 19.7 Å². The van der Waals surface area contributed by atoms with Crippen LogP contribution in [-0.2, 0) is 5.92 Å². The average molecular weight is 547 g/mol. The van der Waals surface area contributed by atoms with Gasteiger partial charge in [0.1, 0.15) is 29.7 Å². The highest BCUT2D eigenvalue weighted by Crippen LogP contribution is 2.42. The van der Waals surface area contributed by atoms with Crippen LogP contribution < -0.4 is 14.8 Å². The van der Waals surface area contributed by atoms with Gasteiger partial charge in [0, 0.05) is 22.6 Å². The van der Waals surface area contributed by atoms with Crippen molar-refractivity contribution < 1.29 is 27.8 Å². The van der Waals surface area contributed by atoms with Gasteiger partial charge in [0.2, 0.25) is 0 Å². The van der Waals surface area contributed by atoms with Gasteiger partial charge in [-0.15, -0.1) is 0 Å². The van der Waals surface area contributed by atoms with Crippen LogP contribution >= 0.6 is 0 Å². The zero-order valence-corrected chi connectivity index (χ0v) is 23.5. The molecule has 0 bridgehead atoms. The van der Waals surface area contributed by atoms with E-state index >= 15 is 4.39 Å². The summed E-state index contributed by atoms with van der Waals surface area (Å²) in [5.74, 6) is -2.86. The van der Waals surface area contributed by atoms with Gasteiger partial charge in [-0.1, -0.05) is 12.1 Å². The Balaban J connectivity index is 1.73. The molecule has 10 heteroatoms. The lowest BCUT2D eigenvalue weighted by Crippen LogP contribution is -2.41. The van der Waals surface area contributed by atoms with E-state index in [1.54, 1.807) is 27.0 Å². The van der Waals surface area contributed by atoms with Crippen molar-refractivity contribution in [3.63, 3.8) is 0 Å². The first-order valence-corrected chi connectivity index (χ1v) is 13.1. The smallest absolute Gasteiger partial charge is 0.303 e. The summed E-state index contributed by atoms with van der Waals surface area (Å²) in [6, 6.07) is 5.16. The molecule has 2 atom stereocenters. The van der Waals surface area contributed by atoms with Gasteiger partial charge in [-0.25, -0.2) is 14.4 Å². The zero-order chi connectivity index (χ0) is 28.7. The van der Waals surface area contributed by atoms with Crippen molar-refractivity contribution in [2.24, 2.45) is 0 Å². The van der Waals surface area contributed by atoms with Crippen molar-refractivity contribution in [2.45, 2.75) is 71.1 Å². The third kappa shape index (κ3) is 5.49. The molecule has 1 fully saturated rings.